The first kappa shape index (κ1) is 26.1. The molecule has 7 nitrogen and oxygen atoms in total. The highest BCUT2D eigenvalue weighted by molar-refractivity contribution is 5.84. The van der Waals surface area contributed by atoms with Crippen molar-refractivity contribution in [3.8, 4) is 0 Å². The van der Waals surface area contributed by atoms with Crippen LogP contribution < -0.4 is 0 Å². The van der Waals surface area contributed by atoms with E-state index in [1.54, 1.807) is 0 Å². The first-order valence-electron chi connectivity index (χ1n) is 12.8. The van der Waals surface area contributed by atoms with Gasteiger partial charge in [-0.1, -0.05) is 91.0 Å². The maximum absolute atomic E-state index is 11.5. The van der Waals surface area contributed by atoms with Crippen molar-refractivity contribution in [3.05, 3.63) is 120 Å². The molecule has 3 aromatic rings. The molecule has 38 heavy (non-hydrogen) atoms. The number of carbonyl (C=O) groups is 1. The van der Waals surface area contributed by atoms with E-state index in [1.165, 1.54) is 6.08 Å². The third-order valence-electron chi connectivity index (χ3n) is 6.39. The standard InChI is InChI=1S/C31H32O7/c32-29-16-26(21-35-29)37-30-17-27(34-19-24-12-6-2-7-13-24)31(36-20-25-14-8-3-9-15-25)28(38-30)22-33-18-23-10-4-1-5-11-23/h1-16,27-28,30-31H,17-22H2/t27-,28-,30+,31+/m1/s1. The highest BCUT2D eigenvalue weighted by Crippen LogP contribution is 2.30. The highest BCUT2D eigenvalue weighted by atomic mass is 16.7. The molecule has 0 spiro atoms. The van der Waals surface area contributed by atoms with Crippen LogP contribution >= 0.6 is 0 Å². The molecule has 1 saturated heterocycles. The number of hydrogen-bond donors (Lipinski definition) is 0. The molecule has 2 aliphatic rings. The van der Waals surface area contributed by atoms with Gasteiger partial charge in [-0.2, -0.15) is 0 Å². The number of cyclic esters (lactones) is 1. The quantitative estimate of drug-likeness (QED) is 0.316. The maximum Gasteiger partial charge on any atom is 0.334 e. The Bertz CT molecular complexity index is 1170. The number of carbonyl (C=O) groups excluding carboxylic acids is 1. The van der Waals surface area contributed by atoms with Crippen LogP contribution in [-0.2, 0) is 53.0 Å². The Morgan fingerprint density at radius 3 is 1.89 bits per heavy atom. The summed E-state index contributed by atoms with van der Waals surface area (Å²) in [5, 5.41) is 0. The molecule has 2 heterocycles. The maximum atomic E-state index is 11.5. The molecular formula is C31H32O7. The van der Waals surface area contributed by atoms with Crippen molar-refractivity contribution in [2.24, 2.45) is 0 Å². The Hall–Kier alpha value is -3.49. The Labute approximate surface area is 222 Å². The average Bonchev–Trinajstić information content (AvgIpc) is 3.37. The zero-order valence-corrected chi connectivity index (χ0v) is 21.1. The summed E-state index contributed by atoms with van der Waals surface area (Å²) in [4.78, 5) is 11.5. The molecule has 1 fully saturated rings. The highest BCUT2D eigenvalue weighted by Gasteiger charge is 2.42. The lowest BCUT2D eigenvalue weighted by Crippen LogP contribution is -2.53. The van der Waals surface area contributed by atoms with E-state index in [-0.39, 0.29) is 19.3 Å². The van der Waals surface area contributed by atoms with Crippen LogP contribution in [0.25, 0.3) is 0 Å². The summed E-state index contributed by atoms with van der Waals surface area (Å²) in [5.74, 6) is 0.0221. The zero-order valence-electron chi connectivity index (χ0n) is 21.1. The van der Waals surface area contributed by atoms with Crippen molar-refractivity contribution in [1.29, 1.82) is 0 Å². The van der Waals surface area contributed by atoms with Gasteiger partial charge in [0.2, 0.25) is 6.29 Å². The molecule has 0 saturated carbocycles. The summed E-state index contributed by atoms with van der Waals surface area (Å²) >= 11 is 0. The summed E-state index contributed by atoms with van der Waals surface area (Å²) < 4.78 is 36.3. The van der Waals surface area contributed by atoms with Gasteiger partial charge in [-0.25, -0.2) is 4.79 Å². The number of benzene rings is 3. The molecule has 0 amide bonds. The van der Waals surface area contributed by atoms with E-state index >= 15 is 0 Å². The second-order valence-electron chi connectivity index (χ2n) is 9.27. The third-order valence-corrected chi connectivity index (χ3v) is 6.39. The van der Waals surface area contributed by atoms with Gasteiger partial charge in [-0.15, -0.1) is 0 Å². The molecule has 198 valence electrons. The van der Waals surface area contributed by atoms with E-state index in [2.05, 4.69) is 0 Å². The lowest BCUT2D eigenvalue weighted by atomic mass is 10.0. The number of ether oxygens (including phenoxy) is 6. The fourth-order valence-corrected chi connectivity index (χ4v) is 4.48. The third kappa shape index (κ3) is 7.52. The van der Waals surface area contributed by atoms with Gasteiger partial charge in [-0.05, 0) is 16.7 Å². The molecule has 4 atom stereocenters. The lowest BCUT2D eigenvalue weighted by Gasteiger charge is -2.41. The average molecular weight is 517 g/mol. The Morgan fingerprint density at radius 1 is 0.737 bits per heavy atom. The second kappa shape index (κ2) is 13.3. The van der Waals surface area contributed by atoms with Crippen LogP contribution in [0.1, 0.15) is 23.1 Å². The van der Waals surface area contributed by atoms with Gasteiger partial charge in [-0.3, -0.25) is 0 Å². The molecular weight excluding hydrogens is 484 g/mol. The number of hydrogen-bond acceptors (Lipinski definition) is 7. The first-order valence-corrected chi connectivity index (χ1v) is 12.8. The SMILES string of the molecule is O=C1C=C(O[C@@H]2C[C@@H](OCc3ccccc3)[C@H](OCc3ccccc3)[C@@H](COCc3ccccc3)O2)CO1. The van der Waals surface area contributed by atoms with E-state index in [9.17, 15) is 4.79 Å². The van der Waals surface area contributed by atoms with Gasteiger partial charge in [0.1, 0.15) is 24.6 Å². The van der Waals surface area contributed by atoms with Crippen molar-refractivity contribution in [1.82, 2.24) is 0 Å². The van der Waals surface area contributed by atoms with E-state index in [0.29, 0.717) is 32.0 Å². The second-order valence-corrected chi connectivity index (χ2v) is 9.27. The predicted octanol–water partition coefficient (Wildman–Crippen LogP) is 4.95. The Morgan fingerprint density at radius 2 is 1.32 bits per heavy atom. The van der Waals surface area contributed by atoms with Gasteiger partial charge in [0.05, 0.1) is 38.6 Å². The van der Waals surface area contributed by atoms with E-state index in [1.807, 2.05) is 91.0 Å². The van der Waals surface area contributed by atoms with Gasteiger partial charge < -0.3 is 28.4 Å². The Kier molecular flexibility index (Phi) is 9.18. The topological polar surface area (TPSA) is 72.5 Å². The van der Waals surface area contributed by atoms with Crippen LogP contribution in [0.5, 0.6) is 0 Å². The molecule has 0 aliphatic carbocycles. The van der Waals surface area contributed by atoms with Crippen LogP contribution in [0.2, 0.25) is 0 Å². The summed E-state index contributed by atoms with van der Waals surface area (Å²) in [6.07, 6.45) is -0.0552. The molecule has 3 aromatic carbocycles. The molecule has 5 rings (SSSR count). The van der Waals surface area contributed by atoms with Crippen molar-refractivity contribution in [2.75, 3.05) is 13.2 Å². The minimum absolute atomic E-state index is 0.0946. The molecule has 7 heteroatoms. The van der Waals surface area contributed by atoms with Crippen LogP contribution in [0.15, 0.2) is 103 Å². The largest absolute Gasteiger partial charge is 0.465 e. The normalized spacial score (nSPS) is 23.1. The van der Waals surface area contributed by atoms with Crippen LogP contribution in [0, 0.1) is 0 Å². The monoisotopic (exact) mass is 516 g/mol. The lowest BCUT2D eigenvalue weighted by molar-refractivity contribution is -0.270. The predicted molar refractivity (Wildman–Crippen MR) is 140 cm³/mol. The summed E-state index contributed by atoms with van der Waals surface area (Å²) in [5.41, 5.74) is 3.19. The minimum atomic E-state index is -0.640. The molecule has 0 N–H and O–H groups in total. The smallest absolute Gasteiger partial charge is 0.334 e. The molecule has 0 aromatic heterocycles. The van der Waals surface area contributed by atoms with E-state index < -0.39 is 24.5 Å². The van der Waals surface area contributed by atoms with Crippen molar-refractivity contribution in [2.45, 2.75) is 50.8 Å². The van der Waals surface area contributed by atoms with Crippen molar-refractivity contribution >= 4 is 5.97 Å². The van der Waals surface area contributed by atoms with E-state index in [0.717, 1.165) is 16.7 Å². The number of rotatable bonds is 12. The first-order chi connectivity index (χ1) is 18.7. The van der Waals surface area contributed by atoms with Gasteiger partial charge in [0.15, 0.2) is 0 Å². The summed E-state index contributed by atoms with van der Waals surface area (Å²) in [6, 6.07) is 30.0. The molecule has 0 radical (unpaired) electrons. The van der Waals surface area contributed by atoms with Crippen molar-refractivity contribution in [3.63, 3.8) is 0 Å². The molecule has 0 unspecified atom stereocenters. The summed E-state index contributed by atoms with van der Waals surface area (Å²) in [7, 11) is 0. The minimum Gasteiger partial charge on any atom is -0.465 e. The van der Waals surface area contributed by atoms with Crippen LogP contribution in [-0.4, -0.2) is 43.8 Å². The van der Waals surface area contributed by atoms with E-state index in [4.69, 9.17) is 28.4 Å². The van der Waals surface area contributed by atoms with Gasteiger partial charge in [0, 0.05) is 6.42 Å². The Balaban J connectivity index is 1.32. The molecule has 0 bridgehead atoms. The van der Waals surface area contributed by atoms with Crippen LogP contribution in [0.3, 0.4) is 0 Å². The zero-order chi connectivity index (χ0) is 26.0. The fraction of sp³-hybridized carbons (Fsp3) is 0.323. The molecule has 2 aliphatic heterocycles. The van der Waals surface area contributed by atoms with Crippen molar-refractivity contribution < 1.29 is 33.2 Å². The fourth-order valence-electron chi connectivity index (χ4n) is 4.48. The summed E-state index contributed by atoms with van der Waals surface area (Å²) in [6.45, 7) is 1.66. The van der Waals surface area contributed by atoms with Gasteiger partial charge in [0.25, 0.3) is 0 Å². The number of esters is 1. The van der Waals surface area contributed by atoms with Crippen LogP contribution in [0.4, 0.5) is 0 Å². The van der Waals surface area contributed by atoms with Gasteiger partial charge >= 0.3 is 5.97 Å².